The lowest BCUT2D eigenvalue weighted by Gasteiger charge is -2.19. The predicted octanol–water partition coefficient (Wildman–Crippen LogP) is 1.04. The Balaban J connectivity index is 1.93. The van der Waals surface area contributed by atoms with E-state index in [1.54, 1.807) is 0 Å². The van der Waals surface area contributed by atoms with Gasteiger partial charge in [-0.25, -0.2) is 4.99 Å². The molecule has 136 valence electrons. The van der Waals surface area contributed by atoms with Gasteiger partial charge in [-0.1, -0.05) is 6.07 Å². The average Bonchev–Trinajstić information content (AvgIpc) is 3.04. The largest absolute Gasteiger partial charge is 0.357 e. The van der Waals surface area contributed by atoms with Crippen LogP contribution in [-0.2, 0) is 11.3 Å². The van der Waals surface area contributed by atoms with Gasteiger partial charge in [0, 0.05) is 38.8 Å². The maximum absolute atomic E-state index is 12.0. The summed E-state index contributed by atoms with van der Waals surface area (Å²) in [5.74, 6) is 1.59. The first kappa shape index (κ1) is 18.7. The molecule has 0 saturated heterocycles. The van der Waals surface area contributed by atoms with E-state index >= 15 is 0 Å². The Bertz CT molecular complexity index is 706. The number of nitrogens with one attached hydrogen (secondary N) is 2. The minimum atomic E-state index is 0.150. The van der Waals surface area contributed by atoms with Crippen LogP contribution in [0, 0.1) is 0 Å². The molecule has 2 N–H and O–H groups in total. The summed E-state index contributed by atoms with van der Waals surface area (Å²) in [7, 11) is 0. The van der Waals surface area contributed by atoms with E-state index in [2.05, 4.69) is 25.8 Å². The van der Waals surface area contributed by atoms with Crippen molar-refractivity contribution >= 4 is 17.5 Å². The summed E-state index contributed by atoms with van der Waals surface area (Å²) in [6.07, 6.45) is 2.36. The highest BCUT2D eigenvalue weighted by atomic mass is 16.2. The van der Waals surface area contributed by atoms with Crippen molar-refractivity contribution in [2.45, 2.75) is 33.7 Å². The topological polar surface area (TPSA) is 86.9 Å². The molecule has 0 saturated carbocycles. The first-order valence-corrected chi connectivity index (χ1v) is 8.78. The van der Waals surface area contributed by atoms with E-state index in [0.29, 0.717) is 25.5 Å². The number of aliphatic imine (C=N–C) groups is 1. The Labute approximate surface area is 148 Å². The molecule has 2 aromatic heterocycles. The second-order valence-electron chi connectivity index (χ2n) is 5.48. The highest BCUT2D eigenvalue weighted by molar-refractivity contribution is 5.81. The summed E-state index contributed by atoms with van der Waals surface area (Å²) < 4.78 is 1.91. The Morgan fingerprint density at radius 1 is 1.20 bits per heavy atom. The summed E-state index contributed by atoms with van der Waals surface area (Å²) in [4.78, 5) is 18.4. The molecule has 0 bridgehead atoms. The van der Waals surface area contributed by atoms with Crippen LogP contribution < -0.4 is 10.6 Å². The highest BCUT2D eigenvalue weighted by Gasteiger charge is 2.09. The molecule has 0 unspecified atom stereocenters. The number of carbonyl (C=O) groups excluding carboxylic acids is 1. The fourth-order valence-electron chi connectivity index (χ4n) is 2.51. The van der Waals surface area contributed by atoms with Gasteiger partial charge in [0.2, 0.25) is 5.91 Å². The molecule has 0 aliphatic carbocycles. The molecule has 0 aromatic carbocycles. The number of rotatable bonds is 8. The van der Waals surface area contributed by atoms with Crippen molar-refractivity contribution in [2.24, 2.45) is 4.99 Å². The third-order valence-electron chi connectivity index (χ3n) is 3.85. The van der Waals surface area contributed by atoms with Gasteiger partial charge in [0.1, 0.15) is 6.54 Å². The molecule has 8 heteroatoms. The van der Waals surface area contributed by atoms with Gasteiger partial charge in [-0.2, -0.15) is 0 Å². The normalized spacial score (nSPS) is 11.6. The van der Waals surface area contributed by atoms with Gasteiger partial charge >= 0.3 is 0 Å². The first-order chi connectivity index (χ1) is 12.2. The first-order valence-electron chi connectivity index (χ1n) is 8.78. The summed E-state index contributed by atoms with van der Waals surface area (Å²) >= 11 is 0. The van der Waals surface area contributed by atoms with E-state index in [9.17, 15) is 4.79 Å². The number of hydrogen-bond donors (Lipinski definition) is 2. The van der Waals surface area contributed by atoms with Crippen LogP contribution in [0.25, 0.3) is 5.65 Å². The Morgan fingerprint density at radius 2 is 2.00 bits per heavy atom. The molecule has 2 aromatic rings. The SMILES string of the molecule is CCNC(=NCc1nnc2ccccn12)NCCC(=O)N(CC)CC. The van der Waals surface area contributed by atoms with Crippen LogP contribution in [0.15, 0.2) is 29.4 Å². The van der Waals surface area contributed by atoms with E-state index in [0.717, 1.165) is 31.1 Å². The molecule has 0 fully saturated rings. The predicted molar refractivity (Wildman–Crippen MR) is 98.4 cm³/mol. The minimum absolute atomic E-state index is 0.150. The molecule has 0 aliphatic rings. The lowest BCUT2D eigenvalue weighted by atomic mass is 10.3. The lowest BCUT2D eigenvalue weighted by Crippen LogP contribution is -2.40. The number of carbonyl (C=O) groups is 1. The fraction of sp³-hybridized carbons (Fsp3) is 0.529. The zero-order chi connectivity index (χ0) is 18.1. The van der Waals surface area contributed by atoms with E-state index < -0.39 is 0 Å². The lowest BCUT2D eigenvalue weighted by molar-refractivity contribution is -0.130. The number of fused-ring (bicyclic) bond motifs is 1. The number of nitrogens with zero attached hydrogens (tertiary/aromatic N) is 5. The number of amides is 1. The number of aromatic nitrogens is 3. The van der Waals surface area contributed by atoms with Gasteiger partial charge in [0.25, 0.3) is 0 Å². The van der Waals surface area contributed by atoms with Crippen molar-refractivity contribution < 1.29 is 4.79 Å². The van der Waals surface area contributed by atoms with Gasteiger partial charge in [0.05, 0.1) is 0 Å². The van der Waals surface area contributed by atoms with Gasteiger partial charge in [-0.05, 0) is 32.9 Å². The molecule has 0 spiro atoms. The van der Waals surface area contributed by atoms with Crippen LogP contribution in [0.3, 0.4) is 0 Å². The second-order valence-corrected chi connectivity index (χ2v) is 5.48. The average molecular weight is 345 g/mol. The Kier molecular flexibility index (Phi) is 7.18. The summed E-state index contributed by atoms with van der Waals surface area (Å²) in [5.41, 5.74) is 0.801. The van der Waals surface area contributed by atoms with Crippen molar-refractivity contribution in [1.82, 2.24) is 30.1 Å². The minimum Gasteiger partial charge on any atom is -0.357 e. The molecule has 25 heavy (non-hydrogen) atoms. The standard InChI is InChI=1S/C17H27N7O/c1-4-18-17(19-11-10-16(25)23(5-2)6-3)20-13-15-22-21-14-9-7-8-12-24(14)15/h7-9,12H,4-6,10-11,13H2,1-3H3,(H2,18,19,20). The van der Waals surface area contributed by atoms with Gasteiger partial charge in [0.15, 0.2) is 17.4 Å². The smallest absolute Gasteiger partial charge is 0.224 e. The van der Waals surface area contributed by atoms with Gasteiger partial charge < -0.3 is 15.5 Å². The Morgan fingerprint density at radius 3 is 2.72 bits per heavy atom. The van der Waals surface area contributed by atoms with Crippen LogP contribution in [0.5, 0.6) is 0 Å². The Hall–Kier alpha value is -2.64. The summed E-state index contributed by atoms with van der Waals surface area (Å²) in [5, 5.41) is 14.7. The maximum atomic E-state index is 12.0. The number of pyridine rings is 1. The molecule has 8 nitrogen and oxygen atoms in total. The van der Waals surface area contributed by atoms with E-state index in [-0.39, 0.29) is 5.91 Å². The molecule has 1 amide bonds. The van der Waals surface area contributed by atoms with Crippen molar-refractivity contribution in [3.63, 3.8) is 0 Å². The number of guanidine groups is 1. The van der Waals surface area contributed by atoms with Gasteiger partial charge in [-0.15, -0.1) is 10.2 Å². The van der Waals surface area contributed by atoms with Crippen molar-refractivity contribution in [3.05, 3.63) is 30.2 Å². The fourth-order valence-corrected chi connectivity index (χ4v) is 2.51. The third kappa shape index (κ3) is 5.17. The van der Waals surface area contributed by atoms with Crippen LogP contribution in [0.1, 0.15) is 33.0 Å². The van der Waals surface area contributed by atoms with E-state index in [4.69, 9.17) is 0 Å². The number of hydrogen-bond acceptors (Lipinski definition) is 4. The molecular weight excluding hydrogens is 318 g/mol. The summed E-state index contributed by atoms with van der Waals surface area (Å²) in [6, 6.07) is 5.77. The molecular formula is C17H27N7O. The highest BCUT2D eigenvalue weighted by Crippen LogP contribution is 2.03. The van der Waals surface area contributed by atoms with Crippen LogP contribution >= 0.6 is 0 Å². The third-order valence-corrected chi connectivity index (χ3v) is 3.85. The zero-order valence-electron chi connectivity index (χ0n) is 15.2. The molecule has 2 rings (SSSR count). The zero-order valence-corrected chi connectivity index (χ0v) is 15.2. The van der Waals surface area contributed by atoms with E-state index in [1.165, 1.54) is 0 Å². The second kappa shape index (κ2) is 9.61. The van der Waals surface area contributed by atoms with E-state index in [1.807, 2.05) is 54.5 Å². The van der Waals surface area contributed by atoms with Crippen LogP contribution in [0.2, 0.25) is 0 Å². The molecule has 0 aliphatic heterocycles. The van der Waals surface area contributed by atoms with Crippen LogP contribution in [-0.4, -0.2) is 57.5 Å². The quantitative estimate of drug-likeness (QED) is 0.551. The summed E-state index contributed by atoms with van der Waals surface area (Å²) in [6.45, 7) is 9.16. The molecule has 0 radical (unpaired) electrons. The van der Waals surface area contributed by atoms with Crippen LogP contribution in [0.4, 0.5) is 0 Å². The molecule has 0 atom stereocenters. The van der Waals surface area contributed by atoms with Crippen molar-refractivity contribution in [1.29, 1.82) is 0 Å². The monoisotopic (exact) mass is 345 g/mol. The van der Waals surface area contributed by atoms with Crippen molar-refractivity contribution in [2.75, 3.05) is 26.2 Å². The maximum Gasteiger partial charge on any atom is 0.224 e. The van der Waals surface area contributed by atoms with Gasteiger partial charge in [-0.3, -0.25) is 9.20 Å². The van der Waals surface area contributed by atoms with Crippen molar-refractivity contribution in [3.8, 4) is 0 Å². The molecule has 2 heterocycles.